The summed E-state index contributed by atoms with van der Waals surface area (Å²) in [6.45, 7) is 2.25. The van der Waals surface area contributed by atoms with E-state index < -0.39 is 5.97 Å². The maximum atomic E-state index is 10.7. The molecule has 0 amide bonds. The predicted octanol–water partition coefficient (Wildman–Crippen LogP) is 2.59. The van der Waals surface area contributed by atoms with Gasteiger partial charge >= 0.3 is 5.97 Å². The Morgan fingerprint density at radius 3 is 2.88 bits per heavy atom. The van der Waals surface area contributed by atoms with Crippen molar-refractivity contribution in [3.8, 4) is 12.3 Å². The molecular formula is C11H12BrNO2S. The zero-order valence-corrected chi connectivity index (χ0v) is 11.2. The average Bonchev–Trinajstić information content (AvgIpc) is 2.62. The Balaban J connectivity index is 2.78. The van der Waals surface area contributed by atoms with Crippen LogP contribution in [-0.2, 0) is 4.79 Å². The Morgan fingerprint density at radius 2 is 2.44 bits per heavy atom. The van der Waals surface area contributed by atoms with Crippen molar-refractivity contribution in [2.75, 3.05) is 13.1 Å². The predicted molar refractivity (Wildman–Crippen MR) is 68.5 cm³/mol. The largest absolute Gasteiger partial charge is 0.480 e. The number of nitrogens with zero attached hydrogens (tertiary/aromatic N) is 1. The Bertz CT molecular complexity index is 410. The molecule has 0 spiro atoms. The lowest BCUT2D eigenvalue weighted by Gasteiger charge is -2.24. The molecule has 0 saturated heterocycles. The van der Waals surface area contributed by atoms with E-state index in [1.165, 1.54) is 0 Å². The number of terminal acetylenes is 1. The van der Waals surface area contributed by atoms with E-state index in [1.807, 2.05) is 19.1 Å². The number of hydrogen-bond donors (Lipinski definition) is 1. The maximum Gasteiger partial charge on any atom is 0.317 e. The van der Waals surface area contributed by atoms with Crippen molar-refractivity contribution in [2.45, 2.75) is 13.0 Å². The molecule has 1 aromatic rings. The summed E-state index contributed by atoms with van der Waals surface area (Å²) in [5.41, 5.74) is 0. The molecule has 1 heterocycles. The van der Waals surface area contributed by atoms with Crippen molar-refractivity contribution in [3.63, 3.8) is 0 Å². The van der Waals surface area contributed by atoms with Gasteiger partial charge in [-0.1, -0.05) is 5.92 Å². The first-order valence-electron chi connectivity index (χ1n) is 4.69. The quantitative estimate of drug-likeness (QED) is 0.850. The van der Waals surface area contributed by atoms with Crippen molar-refractivity contribution in [3.05, 3.63) is 20.8 Å². The normalized spacial score (nSPS) is 12.4. The summed E-state index contributed by atoms with van der Waals surface area (Å²) in [6.07, 6.45) is 5.24. The van der Waals surface area contributed by atoms with Crippen LogP contribution in [-0.4, -0.2) is 29.1 Å². The van der Waals surface area contributed by atoms with E-state index in [0.717, 1.165) is 8.66 Å². The van der Waals surface area contributed by atoms with Gasteiger partial charge in [0.15, 0.2) is 0 Å². The minimum absolute atomic E-state index is 0.0171. The highest BCUT2D eigenvalue weighted by Crippen LogP contribution is 2.30. The second-order valence-electron chi connectivity index (χ2n) is 3.32. The summed E-state index contributed by atoms with van der Waals surface area (Å²) in [5, 5.41) is 8.80. The van der Waals surface area contributed by atoms with Crippen LogP contribution >= 0.6 is 27.3 Å². The molecule has 0 aliphatic heterocycles. The highest BCUT2D eigenvalue weighted by Gasteiger charge is 2.18. The monoisotopic (exact) mass is 301 g/mol. The van der Waals surface area contributed by atoms with E-state index in [0.29, 0.717) is 6.54 Å². The van der Waals surface area contributed by atoms with Gasteiger partial charge in [-0.25, -0.2) is 0 Å². The Labute approximate surface area is 107 Å². The number of carboxylic acids is 1. The third-order valence-electron chi connectivity index (χ3n) is 2.19. The van der Waals surface area contributed by atoms with Gasteiger partial charge in [-0.3, -0.25) is 9.69 Å². The van der Waals surface area contributed by atoms with Crippen molar-refractivity contribution < 1.29 is 9.90 Å². The molecule has 16 heavy (non-hydrogen) atoms. The third-order valence-corrected chi connectivity index (χ3v) is 3.98. The fourth-order valence-corrected chi connectivity index (χ4v) is 2.86. The first-order valence-corrected chi connectivity index (χ1v) is 6.30. The van der Waals surface area contributed by atoms with Crippen LogP contribution in [0.2, 0.25) is 0 Å². The Hall–Kier alpha value is -0.830. The van der Waals surface area contributed by atoms with Crippen LogP contribution in [0.15, 0.2) is 15.9 Å². The molecule has 1 aromatic heterocycles. The van der Waals surface area contributed by atoms with Gasteiger partial charge < -0.3 is 5.11 Å². The van der Waals surface area contributed by atoms with Crippen LogP contribution < -0.4 is 0 Å². The molecule has 1 unspecified atom stereocenters. The van der Waals surface area contributed by atoms with Gasteiger partial charge in [0, 0.05) is 10.9 Å². The molecule has 5 heteroatoms. The van der Waals surface area contributed by atoms with Gasteiger partial charge in [0.1, 0.15) is 0 Å². The number of rotatable bonds is 5. The minimum Gasteiger partial charge on any atom is -0.480 e. The second-order valence-corrected chi connectivity index (χ2v) is 5.82. The first kappa shape index (κ1) is 13.2. The van der Waals surface area contributed by atoms with Crippen LogP contribution in [0.1, 0.15) is 17.8 Å². The summed E-state index contributed by atoms with van der Waals surface area (Å²) in [6, 6.07) is 3.94. The van der Waals surface area contributed by atoms with E-state index in [1.54, 1.807) is 16.2 Å². The lowest BCUT2D eigenvalue weighted by atomic mass is 10.2. The maximum absolute atomic E-state index is 10.7. The van der Waals surface area contributed by atoms with E-state index >= 15 is 0 Å². The molecule has 1 atom stereocenters. The van der Waals surface area contributed by atoms with Crippen LogP contribution in [0.4, 0.5) is 0 Å². The Morgan fingerprint density at radius 1 is 1.75 bits per heavy atom. The zero-order chi connectivity index (χ0) is 12.1. The van der Waals surface area contributed by atoms with Gasteiger partial charge in [-0.2, -0.15) is 0 Å². The van der Waals surface area contributed by atoms with Crippen molar-refractivity contribution in [1.82, 2.24) is 4.90 Å². The van der Waals surface area contributed by atoms with Gasteiger partial charge in [0.25, 0.3) is 0 Å². The fraction of sp³-hybridized carbons (Fsp3) is 0.364. The van der Waals surface area contributed by atoms with E-state index in [2.05, 4.69) is 21.9 Å². The number of hydrogen-bond acceptors (Lipinski definition) is 3. The highest BCUT2D eigenvalue weighted by molar-refractivity contribution is 9.11. The highest BCUT2D eigenvalue weighted by atomic mass is 79.9. The lowest BCUT2D eigenvalue weighted by molar-refractivity contribution is -0.138. The van der Waals surface area contributed by atoms with Crippen LogP contribution in [0.3, 0.4) is 0 Å². The number of halogens is 1. The Kier molecular flexibility index (Phi) is 5.00. The molecule has 86 valence electrons. The molecule has 0 radical (unpaired) electrons. The van der Waals surface area contributed by atoms with Crippen molar-refractivity contribution in [2.24, 2.45) is 0 Å². The molecular weight excluding hydrogens is 290 g/mol. The van der Waals surface area contributed by atoms with Crippen molar-refractivity contribution in [1.29, 1.82) is 0 Å². The molecule has 1 N–H and O–H groups in total. The lowest BCUT2D eigenvalue weighted by Crippen LogP contribution is -2.32. The average molecular weight is 302 g/mol. The molecule has 0 fully saturated rings. The van der Waals surface area contributed by atoms with Gasteiger partial charge in [-0.15, -0.1) is 17.8 Å². The van der Waals surface area contributed by atoms with Gasteiger partial charge in [0.2, 0.25) is 0 Å². The summed E-state index contributed by atoms with van der Waals surface area (Å²) >= 11 is 4.97. The zero-order valence-electron chi connectivity index (χ0n) is 8.81. The van der Waals surface area contributed by atoms with E-state index in [-0.39, 0.29) is 12.6 Å². The summed E-state index contributed by atoms with van der Waals surface area (Å²) in [5.74, 6) is 1.62. The molecule has 0 saturated carbocycles. The van der Waals surface area contributed by atoms with Gasteiger partial charge in [0.05, 0.1) is 16.9 Å². The first-order chi connectivity index (χ1) is 7.54. The smallest absolute Gasteiger partial charge is 0.317 e. The number of aliphatic carboxylic acids is 1. The molecule has 0 aliphatic carbocycles. The topological polar surface area (TPSA) is 40.5 Å². The summed E-state index contributed by atoms with van der Waals surface area (Å²) < 4.78 is 1.03. The van der Waals surface area contributed by atoms with Crippen LogP contribution in [0.5, 0.6) is 0 Å². The molecule has 1 rings (SSSR count). The number of carboxylic acid groups (broad SMARTS) is 1. The van der Waals surface area contributed by atoms with Gasteiger partial charge in [-0.05, 0) is 35.0 Å². The summed E-state index contributed by atoms with van der Waals surface area (Å²) in [7, 11) is 0. The second kappa shape index (κ2) is 6.04. The minimum atomic E-state index is -0.863. The van der Waals surface area contributed by atoms with Crippen molar-refractivity contribution >= 4 is 33.2 Å². The molecule has 0 aliphatic rings. The summed E-state index contributed by atoms with van der Waals surface area (Å²) in [4.78, 5) is 13.6. The van der Waals surface area contributed by atoms with Crippen LogP contribution in [0, 0.1) is 12.3 Å². The molecule has 0 aromatic carbocycles. The third kappa shape index (κ3) is 3.63. The molecule has 3 nitrogen and oxygen atoms in total. The number of carbonyl (C=O) groups is 1. The van der Waals surface area contributed by atoms with E-state index in [4.69, 9.17) is 11.5 Å². The van der Waals surface area contributed by atoms with Crippen LogP contribution in [0.25, 0.3) is 0 Å². The van der Waals surface area contributed by atoms with E-state index in [9.17, 15) is 4.79 Å². The molecule has 0 bridgehead atoms. The fourth-order valence-electron chi connectivity index (χ4n) is 1.35. The SMILES string of the molecule is C#CCN(CC(=O)O)C(C)c1ccc(Br)s1. The standard InChI is InChI=1S/C11H12BrNO2S/c1-3-6-13(7-11(14)15)8(2)9-4-5-10(12)16-9/h1,4-5,8H,6-7H2,2H3,(H,14,15). The number of thiophene rings is 1.